The van der Waals surface area contributed by atoms with E-state index in [4.69, 9.17) is 0 Å². The van der Waals surface area contributed by atoms with Crippen molar-refractivity contribution in [1.29, 1.82) is 0 Å². The smallest absolute Gasteiger partial charge is 0.0625 e. The predicted molar refractivity (Wildman–Crippen MR) is 41.7 cm³/mol. The molecule has 0 aliphatic carbocycles. The van der Waals surface area contributed by atoms with Gasteiger partial charge in [0.25, 0.3) is 0 Å². The molecule has 1 fully saturated rings. The molecule has 2 heteroatoms. The second-order valence-corrected chi connectivity index (χ2v) is 3.46. The Labute approximate surface area is 61.9 Å². The number of hydrogen-bond donors (Lipinski definition) is 1. The van der Waals surface area contributed by atoms with Crippen molar-refractivity contribution in [2.45, 2.75) is 25.9 Å². The summed E-state index contributed by atoms with van der Waals surface area (Å²) in [5, 5.41) is 3.29. The largest absolute Gasteiger partial charge is 0.383 e. The molecule has 0 aromatic carbocycles. The Morgan fingerprint density at radius 1 is 1.70 bits per heavy atom. The first kappa shape index (κ1) is 6.23. The van der Waals surface area contributed by atoms with E-state index in [0.717, 1.165) is 0 Å². The third-order valence-corrected chi connectivity index (χ3v) is 2.45. The molecule has 1 N–H and O–H groups in total. The van der Waals surface area contributed by atoms with Crippen molar-refractivity contribution in [1.82, 2.24) is 10.2 Å². The minimum absolute atomic E-state index is 0.697. The Morgan fingerprint density at radius 2 is 2.50 bits per heavy atom. The third-order valence-electron chi connectivity index (χ3n) is 2.45. The lowest BCUT2D eigenvalue weighted by atomic mass is 10.1. The van der Waals surface area contributed by atoms with E-state index in [-0.39, 0.29) is 0 Å². The van der Waals surface area contributed by atoms with Crippen LogP contribution in [0.3, 0.4) is 0 Å². The molecular weight excluding hydrogens is 124 g/mol. The molecule has 1 saturated heterocycles. The highest BCUT2D eigenvalue weighted by atomic mass is 15.2. The van der Waals surface area contributed by atoms with Crippen LogP contribution in [-0.2, 0) is 0 Å². The van der Waals surface area contributed by atoms with E-state index in [1.165, 1.54) is 13.1 Å². The Hall–Kier alpha value is -0.500. The van der Waals surface area contributed by atoms with Gasteiger partial charge in [0.2, 0.25) is 0 Å². The van der Waals surface area contributed by atoms with Gasteiger partial charge in [-0.3, -0.25) is 4.90 Å². The molecule has 2 nitrogen and oxygen atoms in total. The molecule has 2 rings (SSSR count). The van der Waals surface area contributed by atoms with Crippen molar-refractivity contribution in [3.8, 4) is 0 Å². The second-order valence-electron chi connectivity index (χ2n) is 3.46. The summed E-state index contributed by atoms with van der Waals surface area (Å²) in [4.78, 5) is 2.50. The molecule has 0 radical (unpaired) electrons. The normalized spacial score (nSPS) is 31.1. The Balaban J connectivity index is 2.01. The molecule has 0 spiro atoms. The van der Waals surface area contributed by atoms with E-state index in [2.05, 4.69) is 30.3 Å². The molecule has 2 heterocycles. The quantitative estimate of drug-likeness (QED) is 0.569. The fourth-order valence-electron chi connectivity index (χ4n) is 1.57. The average Bonchev–Trinajstić information content (AvgIpc) is 2.09. The fourth-order valence-corrected chi connectivity index (χ4v) is 1.57. The first-order chi connectivity index (χ1) is 4.77. The minimum Gasteiger partial charge on any atom is -0.383 e. The Morgan fingerprint density at radius 3 is 2.80 bits per heavy atom. The topological polar surface area (TPSA) is 15.3 Å². The molecule has 0 aromatic rings. The summed E-state index contributed by atoms with van der Waals surface area (Å²) in [5.74, 6) is 0. The van der Waals surface area contributed by atoms with Gasteiger partial charge in [0.15, 0.2) is 0 Å². The maximum absolute atomic E-state index is 3.29. The van der Waals surface area contributed by atoms with E-state index in [1.807, 2.05) is 0 Å². The Bertz CT molecular complexity index is 172. The van der Waals surface area contributed by atoms with Crippen LogP contribution in [0.5, 0.6) is 0 Å². The molecule has 1 atom stereocenters. The second kappa shape index (κ2) is 1.99. The summed E-state index contributed by atoms with van der Waals surface area (Å²) < 4.78 is 0. The summed E-state index contributed by atoms with van der Waals surface area (Å²) in [6, 6.07) is 1.40. The maximum atomic E-state index is 3.29. The zero-order valence-corrected chi connectivity index (χ0v) is 6.59. The number of likely N-dealkylation sites (tertiary alicyclic amines) is 1. The lowest BCUT2D eigenvalue weighted by Gasteiger charge is -2.21. The van der Waals surface area contributed by atoms with Crippen molar-refractivity contribution in [3.05, 3.63) is 11.8 Å². The molecule has 2 aliphatic rings. The molecular formula is C8H14N2. The van der Waals surface area contributed by atoms with Crippen molar-refractivity contribution >= 4 is 0 Å². The molecule has 56 valence electrons. The van der Waals surface area contributed by atoms with Crippen molar-refractivity contribution in [2.75, 3.05) is 13.1 Å². The van der Waals surface area contributed by atoms with Gasteiger partial charge in [0.1, 0.15) is 0 Å². The van der Waals surface area contributed by atoms with Crippen molar-refractivity contribution in [2.24, 2.45) is 0 Å². The molecule has 0 amide bonds. The van der Waals surface area contributed by atoms with Crippen LogP contribution in [-0.4, -0.2) is 30.1 Å². The summed E-state index contributed by atoms with van der Waals surface area (Å²) in [6.07, 6.45) is 2.15. The number of rotatable bonds is 1. The van der Waals surface area contributed by atoms with Gasteiger partial charge in [-0.15, -0.1) is 0 Å². The van der Waals surface area contributed by atoms with E-state index < -0.39 is 0 Å². The molecule has 0 bridgehead atoms. The van der Waals surface area contributed by atoms with Crippen LogP contribution in [0.4, 0.5) is 0 Å². The first-order valence-corrected chi connectivity index (χ1v) is 3.96. The first-order valence-electron chi connectivity index (χ1n) is 3.96. The predicted octanol–water partition coefficient (Wildman–Crippen LogP) is 0.566. The molecule has 0 aromatic heterocycles. The van der Waals surface area contributed by atoms with Gasteiger partial charge in [-0.05, 0) is 25.6 Å². The summed E-state index contributed by atoms with van der Waals surface area (Å²) in [5.41, 5.74) is 1.59. The summed E-state index contributed by atoms with van der Waals surface area (Å²) in [7, 11) is 0. The third kappa shape index (κ3) is 0.754. The van der Waals surface area contributed by atoms with Gasteiger partial charge < -0.3 is 5.32 Å². The molecule has 2 aliphatic heterocycles. The van der Waals surface area contributed by atoms with E-state index in [0.29, 0.717) is 12.1 Å². The van der Waals surface area contributed by atoms with Crippen LogP contribution in [0.2, 0.25) is 0 Å². The summed E-state index contributed by atoms with van der Waals surface area (Å²) >= 11 is 0. The zero-order valence-electron chi connectivity index (χ0n) is 6.59. The van der Waals surface area contributed by atoms with E-state index in [9.17, 15) is 0 Å². The highest BCUT2D eigenvalue weighted by Gasteiger charge is 2.32. The number of nitrogens with one attached hydrogen (secondary N) is 1. The standard InChI is InChI=1S/C8H14N2/c1-6(2)10-4-7-3-9-8(7)5-10/h3,6,8-9H,4-5H2,1-2H3. The van der Waals surface area contributed by atoms with Crippen LogP contribution in [0.25, 0.3) is 0 Å². The number of fused-ring (bicyclic) bond motifs is 1. The Kier molecular flexibility index (Phi) is 1.24. The molecule has 0 saturated carbocycles. The van der Waals surface area contributed by atoms with Gasteiger partial charge in [0, 0.05) is 19.1 Å². The van der Waals surface area contributed by atoms with Crippen molar-refractivity contribution < 1.29 is 0 Å². The van der Waals surface area contributed by atoms with Crippen LogP contribution in [0, 0.1) is 0 Å². The summed E-state index contributed by atoms with van der Waals surface area (Å²) in [6.45, 7) is 6.91. The van der Waals surface area contributed by atoms with Crippen LogP contribution in [0.15, 0.2) is 11.8 Å². The minimum atomic E-state index is 0.697. The monoisotopic (exact) mass is 138 g/mol. The van der Waals surface area contributed by atoms with E-state index >= 15 is 0 Å². The molecule has 1 unspecified atom stereocenters. The van der Waals surface area contributed by atoms with Gasteiger partial charge in [-0.2, -0.15) is 0 Å². The van der Waals surface area contributed by atoms with Gasteiger partial charge in [-0.1, -0.05) is 0 Å². The van der Waals surface area contributed by atoms with Crippen LogP contribution < -0.4 is 5.32 Å². The highest BCUT2D eigenvalue weighted by Crippen LogP contribution is 2.22. The SMILES string of the molecule is CC(C)N1CC2=CNC2C1. The van der Waals surface area contributed by atoms with Crippen LogP contribution in [0.1, 0.15) is 13.8 Å². The maximum Gasteiger partial charge on any atom is 0.0625 e. The van der Waals surface area contributed by atoms with Crippen LogP contribution >= 0.6 is 0 Å². The lowest BCUT2D eigenvalue weighted by Crippen LogP contribution is -2.37. The highest BCUT2D eigenvalue weighted by molar-refractivity contribution is 5.27. The number of nitrogens with zero attached hydrogens (tertiary/aromatic N) is 1. The zero-order chi connectivity index (χ0) is 7.14. The average molecular weight is 138 g/mol. The van der Waals surface area contributed by atoms with Gasteiger partial charge >= 0.3 is 0 Å². The lowest BCUT2D eigenvalue weighted by molar-refractivity contribution is 0.275. The van der Waals surface area contributed by atoms with Gasteiger partial charge in [0.05, 0.1) is 6.04 Å². The molecule has 10 heavy (non-hydrogen) atoms. The fraction of sp³-hybridized carbons (Fsp3) is 0.750. The van der Waals surface area contributed by atoms with Gasteiger partial charge in [-0.25, -0.2) is 0 Å². The number of hydrogen-bond acceptors (Lipinski definition) is 2. The van der Waals surface area contributed by atoms with Crippen molar-refractivity contribution in [3.63, 3.8) is 0 Å². The van der Waals surface area contributed by atoms with E-state index in [1.54, 1.807) is 5.57 Å².